The number of hydrogen-bond acceptors (Lipinski definition) is 2. The Morgan fingerprint density at radius 2 is 1.45 bits per heavy atom. The molecule has 1 heterocycles. The van der Waals surface area contributed by atoms with Crippen LogP contribution in [0.5, 0.6) is 5.88 Å². The van der Waals surface area contributed by atoms with E-state index in [0.717, 1.165) is 28.9 Å². The summed E-state index contributed by atoms with van der Waals surface area (Å²) >= 11 is 0. The zero-order valence-corrected chi connectivity index (χ0v) is 13.2. The molecule has 22 heavy (non-hydrogen) atoms. The molecule has 0 unspecified atom stereocenters. The van der Waals surface area contributed by atoms with Gasteiger partial charge in [0.1, 0.15) is 0 Å². The summed E-state index contributed by atoms with van der Waals surface area (Å²) in [4.78, 5) is 0. The monoisotopic (exact) mass is 292 g/mol. The highest BCUT2D eigenvalue weighted by molar-refractivity contribution is 5.68. The lowest BCUT2D eigenvalue weighted by Crippen LogP contribution is -2.00. The second-order valence-electron chi connectivity index (χ2n) is 5.62. The molecule has 0 bridgehead atoms. The van der Waals surface area contributed by atoms with Gasteiger partial charge in [0.15, 0.2) is 0 Å². The molecule has 0 atom stereocenters. The van der Waals surface area contributed by atoms with E-state index in [1.165, 1.54) is 11.1 Å². The maximum atomic E-state index is 10.2. The van der Waals surface area contributed by atoms with Crippen LogP contribution in [-0.2, 0) is 6.42 Å². The average molecular weight is 292 g/mol. The van der Waals surface area contributed by atoms with E-state index in [2.05, 4.69) is 55.3 Å². The van der Waals surface area contributed by atoms with Crippen LogP contribution in [0.2, 0.25) is 0 Å². The van der Waals surface area contributed by atoms with Crippen LogP contribution in [0.1, 0.15) is 23.6 Å². The largest absolute Gasteiger partial charge is 0.492 e. The smallest absolute Gasteiger partial charge is 0.234 e. The van der Waals surface area contributed by atoms with Crippen molar-refractivity contribution >= 4 is 0 Å². The Kier molecular flexibility index (Phi) is 3.72. The lowest BCUT2D eigenvalue weighted by atomic mass is 10.0. The van der Waals surface area contributed by atoms with Crippen LogP contribution in [0, 0.1) is 13.8 Å². The maximum Gasteiger partial charge on any atom is 0.234 e. The summed E-state index contributed by atoms with van der Waals surface area (Å²) in [6.45, 7) is 6.16. The zero-order chi connectivity index (χ0) is 15.7. The van der Waals surface area contributed by atoms with E-state index in [1.807, 2.05) is 23.7 Å². The third-order valence-corrected chi connectivity index (χ3v) is 3.92. The van der Waals surface area contributed by atoms with Gasteiger partial charge in [0.05, 0.1) is 11.4 Å². The summed E-state index contributed by atoms with van der Waals surface area (Å²) in [5.74, 6) is 0.110. The first-order valence-electron chi connectivity index (χ1n) is 7.55. The summed E-state index contributed by atoms with van der Waals surface area (Å²) in [5, 5.41) is 14.6. The van der Waals surface area contributed by atoms with Crippen molar-refractivity contribution in [2.45, 2.75) is 27.2 Å². The Balaban J connectivity index is 2.22. The molecule has 0 aliphatic heterocycles. The zero-order valence-electron chi connectivity index (χ0n) is 13.2. The maximum absolute atomic E-state index is 10.2. The van der Waals surface area contributed by atoms with Gasteiger partial charge in [0, 0.05) is 11.1 Å². The van der Waals surface area contributed by atoms with Crippen molar-refractivity contribution in [3.8, 4) is 22.8 Å². The van der Waals surface area contributed by atoms with Crippen molar-refractivity contribution in [2.75, 3.05) is 0 Å². The Bertz CT molecular complexity index is 784. The summed E-state index contributed by atoms with van der Waals surface area (Å²) in [6.07, 6.45) is 0.737. The van der Waals surface area contributed by atoms with Gasteiger partial charge in [0.2, 0.25) is 5.88 Å². The van der Waals surface area contributed by atoms with E-state index >= 15 is 0 Å². The van der Waals surface area contributed by atoms with E-state index in [-0.39, 0.29) is 5.88 Å². The Morgan fingerprint density at radius 1 is 0.909 bits per heavy atom. The summed E-state index contributed by atoms with van der Waals surface area (Å²) in [5.41, 5.74) is 6.28. The second kappa shape index (κ2) is 5.68. The van der Waals surface area contributed by atoms with Crippen molar-refractivity contribution < 1.29 is 5.11 Å². The first-order valence-corrected chi connectivity index (χ1v) is 7.55. The Hall–Kier alpha value is -2.55. The quantitative estimate of drug-likeness (QED) is 0.775. The fourth-order valence-corrected chi connectivity index (χ4v) is 2.65. The number of rotatable bonds is 3. The molecule has 0 amide bonds. The Labute approximate surface area is 130 Å². The Morgan fingerprint density at radius 3 is 2.00 bits per heavy atom. The number of benzene rings is 2. The molecular weight excluding hydrogens is 272 g/mol. The predicted molar refractivity (Wildman–Crippen MR) is 89.5 cm³/mol. The van der Waals surface area contributed by atoms with Gasteiger partial charge < -0.3 is 5.11 Å². The van der Waals surface area contributed by atoms with E-state index in [4.69, 9.17) is 0 Å². The van der Waals surface area contributed by atoms with Gasteiger partial charge in [-0.1, -0.05) is 54.4 Å². The molecule has 3 heteroatoms. The molecule has 0 fully saturated rings. The lowest BCUT2D eigenvalue weighted by Gasteiger charge is -2.10. The fourth-order valence-electron chi connectivity index (χ4n) is 2.65. The molecule has 0 aliphatic carbocycles. The second-order valence-corrected chi connectivity index (χ2v) is 5.62. The van der Waals surface area contributed by atoms with Crippen LogP contribution in [0.25, 0.3) is 16.9 Å². The van der Waals surface area contributed by atoms with Crippen molar-refractivity contribution in [1.82, 2.24) is 9.78 Å². The molecule has 3 aromatic rings. The van der Waals surface area contributed by atoms with Crippen LogP contribution < -0.4 is 0 Å². The van der Waals surface area contributed by atoms with Gasteiger partial charge >= 0.3 is 0 Å². The molecule has 0 radical (unpaired) electrons. The molecular formula is C19H20N2O. The molecule has 1 N–H and O–H groups in total. The number of aryl methyl sites for hydroxylation is 2. The van der Waals surface area contributed by atoms with Crippen molar-refractivity contribution in [2.24, 2.45) is 0 Å². The lowest BCUT2D eigenvalue weighted by molar-refractivity contribution is 0.443. The summed E-state index contributed by atoms with van der Waals surface area (Å²) < 4.78 is 1.83. The molecule has 2 aromatic carbocycles. The predicted octanol–water partition coefficient (Wildman–Crippen LogP) is 4.42. The van der Waals surface area contributed by atoms with E-state index in [1.54, 1.807) is 0 Å². The molecule has 0 spiro atoms. The van der Waals surface area contributed by atoms with E-state index in [9.17, 15) is 5.11 Å². The molecule has 0 saturated carbocycles. The standard InChI is InChI=1S/C19H20N2O/c1-4-17-18(15-9-5-13(2)6-10-15)21(20-19(17)22)16-11-7-14(3)8-12-16/h5-12H,4H2,1-3H3,(H,20,22). The molecule has 112 valence electrons. The van der Waals surface area contributed by atoms with Crippen LogP contribution in [0.4, 0.5) is 0 Å². The SMILES string of the molecule is CCc1c(O)nn(-c2ccc(C)cc2)c1-c1ccc(C)cc1. The molecule has 3 rings (SSSR count). The van der Waals surface area contributed by atoms with Crippen LogP contribution in [0.3, 0.4) is 0 Å². The van der Waals surface area contributed by atoms with Crippen LogP contribution in [0.15, 0.2) is 48.5 Å². The summed E-state index contributed by atoms with van der Waals surface area (Å²) in [7, 11) is 0. The number of aromatic nitrogens is 2. The van der Waals surface area contributed by atoms with Gasteiger partial charge in [-0.15, -0.1) is 5.10 Å². The fraction of sp³-hybridized carbons (Fsp3) is 0.211. The van der Waals surface area contributed by atoms with Gasteiger partial charge in [-0.2, -0.15) is 0 Å². The number of aromatic hydroxyl groups is 1. The average Bonchev–Trinajstić information content (AvgIpc) is 2.85. The third-order valence-electron chi connectivity index (χ3n) is 3.92. The number of nitrogens with zero attached hydrogens (tertiary/aromatic N) is 2. The van der Waals surface area contributed by atoms with E-state index in [0.29, 0.717) is 0 Å². The van der Waals surface area contributed by atoms with Gasteiger partial charge in [-0.3, -0.25) is 0 Å². The first-order chi connectivity index (χ1) is 10.6. The number of hydrogen-bond donors (Lipinski definition) is 1. The van der Waals surface area contributed by atoms with Crippen LogP contribution >= 0.6 is 0 Å². The third kappa shape index (κ3) is 2.50. The van der Waals surface area contributed by atoms with Crippen LogP contribution in [-0.4, -0.2) is 14.9 Å². The normalized spacial score (nSPS) is 10.9. The molecule has 0 aliphatic rings. The minimum atomic E-state index is 0.110. The minimum Gasteiger partial charge on any atom is -0.492 e. The van der Waals surface area contributed by atoms with Crippen molar-refractivity contribution in [1.29, 1.82) is 0 Å². The van der Waals surface area contributed by atoms with Crippen molar-refractivity contribution in [3.63, 3.8) is 0 Å². The van der Waals surface area contributed by atoms with Crippen molar-refractivity contribution in [3.05, 3.63) is 65.2 Å². The van der Waals surface area contributed by atoms with Gasteiger partial charge in [-0.05, 0) is 32.4 Å². The highest BCUT2D eigenvalue weighted by atomic mass is 16.3. The minimum absolute atomic E-state index is 0.110. The van der Waals surface area contributed by atoms with Gasteiger partial charge in [0.25, 0.3) is 0 Å². The highest BCUT2D eigenvalue weighted by Gasteiger charge is 2.18. The topological polar surface area (TPSA) is 38.1 Å². The van der Waals surface area contributed by atoms with Gasteiger partial charge in [-0.25, -0.2) is 4.68 Å². The molecule has 3 nitrogen and oxygen atoms in total. The molecule has 1 aromatic heterocycles. The highest BCUT2D eigenvalue weighted by Crippen LogP contribution is 2.33. The first kappa shape index (κ1) is 14.4. The molecule has 0 saturated heterocycles. The van der Waals surface area contributed by atoms with E-state index < -0.39 is 0 Å². The summed E-state index contributed by atoms with van der Waals surface area (Å²) in [6, 6.07) is 16.5.